The Morgan fingerprint density at radius 2 is 1.61 bits per heavy atom. The van der Waals surface area contributed by atoms with E-state index in [0.717, 1.165) is 47.7 Å². The van der Waals surface area contributed by atoms with Crippen molar-refractivity contribution in [1.82, 2.24) is 4.98 Å². The van der Waals surface area contributed by atoms with Crippen LogP contribution in [0.1, 0.15) is 34.3 Å². The van der Waals surface area contributed by atoms with Crippen LogP contribution in [0.3, 0.4) is 0 Å². The second kappa shape index (κ2) is 8.11. The number of aryl methyl sites for hydroxylation is 1. The molecule has 1 heterocycles. The number of H-pyrrole nitrogens is 1. The maximum Gasteiger partial charge on any atom is 0.259 e. The van der Waals surface area contributed by atoms with Gasteiger partial charge in [0.1, 0.15) is 11.5 Å². The fourth-order valence-electron chi connectivity index (χ4n) is 4.20. The van der Waals surface area contributed by atoms with E-state index in [0.29, 0.717) is 22.7 Å². The van der Waals surface area contributed by atoms with Crippen molar-refractivity contribution in [2.24, 2.45) is 0 Å². The molecule has 0 saturated heterocycles. The molecule has 2 N–H and O–H groups in total. The largest absolute Gasteiger partial charge is 0.457 e. The summed E-state index contributed by atoms with van der Waals surface area (Å²) >= 11 is 0. The van der Waals surface area contributed by atoms with E-state index in [9.17, 15) is 9.59 Å². The molecular weight excluding hydrogens is 388 g/mol. The van der Waals surface area contributed by atoms with Crippen molar-refractivity contribution in [1.29, 1.82) is 0 Å². The summed E-state index contributed by atoms with van der Waals surface area (Å²) in [7, 11) is 0. The van der Waals surface area contributed by atoms with E-state index in [1.165, 1.54) is 0 Å². The van der Waals surface area contributed by atoms with Crippen molar-refractivity contribution < 1.29 is 9.53 Å². The summed E-state index contributed by atoms with van der Waals surface area (Å²) in [5.41, 5.74) is 3.83. The third-order valence-corrected chi connectivity index (χ3v) is 5.70. The predicted octanol–water partition coefficient (Wildman–Crippen LogP) is 5.45. The van der Waals surface area contributed by atoms with E-state index < -0.39 is 0 Å². The number of carbonyl (C=O) groups is 1. The molecule has 154 valence electrons. The van der Waals surface area contributed by atoms with Gasteiger partial charge in [-0.15, -0.1) is 0 Å². The summed E-state index contributed by atoms with van der Waals surface area (Å²) < 4.78 is 5.91. The first-order chi connectivity index (χ1) is 15.2. The van der Waals surface area contributed by atoms with Crippen LogP contribution < -0.4 is 15.6 Å². The number of carbonyl (C=O) groups excluding carboxylic acids is 1. The molecule has 1 aromatic heterocycles. The van der Waals surface area contributed by atoms with Crippen LogP contribution in [0.15, 0.2) is 77.6 Å². The fraction of sp³-hybridized carbons (Fsp3) is 0.154. The molecule has 0 saturated carbocycles. The molecule has 31 heavy (non-hydrogen) atoms. The van der Waals surface area contributed by atoms with Crippen molar-refractivity contribution in [3.63, 3.8) is 0 Å². The van der Waals surface area contributed by atoms with E-state index in [2.05, 4.69) is 10.3 Å². The zero-order valence-corrected chi connectivity index (χ0v) is 17.0. The monoisotopic (exact) mass is 410 g/mol. The lowest BCUT2D eigenvalue weighted by Crippen LogP contribution is -2.19. The number of aromatic amines is 1. The molecular formula is C26H22N2O3. The summed E-state index contributed by atoms with van der Waals surface area (Å²) in [6, 6.07) is 22.2. The quantitative estimate of drug-likeness (QED) is 0.470. The second-order valence-corrected chi connectivity index (χ2v) is 7.74. The lowest BCUT2D eigenvalue weighted by atomic mass is 9.90. The molecule has 0 fully saturated rings. The van der Waals surface area contributed by atoms with Gasteiger partial charge in [0, 0.05) is 16.6 Å². The summed E-state index contributed by atoms with van der Waals surface area (Å²) in [6.07, 6.45) is 3.91. The van der Waals surface area contributed by atoms with Gasteiger partial charge in [-0.1, -0.05) is 36.4 Å². The molecule has 0 spiro atoms. The Kier molecular flexibility index (Phi) is 5.00. The number of ether oxygens (including phenoxy) is 1. The Morgan fingerprint density at radius 1 is 0.871 bits per heavy atom. The molecule has 0 unspecified atom stereocenters. The van der Waals surface area contributed by atoms with E-state index >= 15 is 0 Å². The van der Waals surface area contributed by atoms with E-state index in [1.54, 1.807) is 18.2 Å². The van der Waals surface area contributed by atoms with Crippen molar-refractivity contribution >= 4 is 22.5 Å². The minimum absolute atomic E-state index is 0.0210. The Morgan fingerprint density at radius 3 is 2.45 bits per heavy atom. The molecule has 0 bridgehead atoms. The highest BCUT2D eigenvalue weighted by atomic mass is 16.5. The lowest BCUT2D eigenvalue weighted by Gasteiger charge is -2.17. The number of benzene rings is 3. The van der Waals surface area contributed by atoms with Gasteiger partial charge in [-0.05, 0) is 67.6 Å². The van der Waals surface area contributed by atoms with E-state index in [1.807, 2.05) is 54.6 Å². The van der Waals surface area contributed by atoms with Crippen LogP contribution in [0, 0.1) is 0 Å². The van der Waals surface area contributed by atoms with Gasteiger partial charge in [0.15, 0.2) is 0 Å². The zero-order chi connectivity index (χ0) is 21.2. The Balaban J connectivity index is 1.44. The number of aromatic nitrogens is 1. The number of pyridine rings is 1. The van der Waals surface area contributed by atoms with Crippen LogP contribution in [0.25, 0.3) is 10.9 Å². The molecule has 5 nitrogen and oxygen atoms in total. The van der Waals surface area contributed by atoms with Crippen molar-refractivity contribution in [2.75, 3.05) is 5.32 Å². The average molecular weight is 410 g/mol. The number of nitrogens with one attached hydrogen (secondary N) is 2. The van der Waals surface area contributed by atoms with Crippen LogP contribution in [0.5, 0.6) is 11.5 Å². The normalized spacial score (nSPS) is 12.9. The first-order valence-corrected chi connectivity index (χ1v) is 10.5. The van der Waals surface area contributed by atoms with Gasteiger partial charge in [-0.3, -0.25) is 9.59 Å². The minimum Gasteiger partial charge on any atom is -0.457 e. The third kappa shape index (κ3) is 3.82. The highest BCUT2D eigenvalue weighted by Crippen LogP contribution is 2.29. The number of anilines is 1. The summed E-state index contributed by atoms with van der Waals surface area (Å²) in [5, 5.41) is 3.99. The highest BCUT2D eigenvalue weighted by molar-refractivity contribution is 6.07. The molecule has 1 aliphatic rings. The Bertz CT molecular complexity index is 1330. The third-order valence-electron chi connectivity index (χ3n) is 5.70. The zero-order valence-electron chi connectivity index (χ0n) is 17.0. The molecule has 4 aromatic rings. The first kappa shape index (κ1) is 19.1. The van der Waals surface area contributed by atoms with Crippen LogP contribution in [-0.2, 0) is 12.8 Å². The van der Waals surface area contributed by atoms with Gasteiger partial charge in [0.05, 0.1) is 11.1 Å². The fourth-order valence-corrected chi connectivity index (χ4v) is 4.20. The van der Waals surface area contributed by atoms with Crippen LogP contribution in [0.2, 0.25) is 0 Å². The summed E-state index contributed by atoms with van der Waals surface area (Å²) in [5.74, 6) is 0.872. The smallest absolute Gasteiger partial charge is 0.259 e. The van der Waals surface area contributed by atoms with Gasteiger partial charge in [0.2, 0.25) is 0 Å². The minimum atomic E-state index is -0.272. The maximum absolute atomic E-state index is 13.0. The molecule has 0 aliphatic heterocycles. The number of rotatable bonds is 4. The summed E-state index contributed by atoms with van der Waals surface area (Å²) in [6.45, 7) is 0. The van der Waals surface area contributed by atoms with Crippen molar-refractivity contribution in [3.05, 3.63) is 99.8 Å². The Hall–Kier alpha value is -3.86. The van der Waals surface area contributed by atoms with Crippen molar-refractivity contribution in [3.8, 4) is 11.5 Å². The summed E-state index contributed by atoms with van der Waals surface area (Å²) in [4.78, 5) is 28.5. The molecule has 1 amide bonds. The SMILES string of the molecule is O=C(Nc1ccc2c3c(c(=O)[nH]c2c1)CCCC3)c1ccccc1Oc1ccccc1. The van der Waals surface area contributed by atoms with E-state index in [-0.39, 0.29) is 11.5 Å². The maximum atomic E-state index is 13.0. The molecule has 0 radical (unpaired) electrons. The van der Waals surface area contributed by atoms with E-state index in [4.69, 9.17) is 4.74 Å². The number of hydrogen-bond donors (Lipinski definition) is 2. The topological polar surface area (TPSA) is 71.2 Å². The van der Waals surface area contributed by atoms with Crippen LogP contribution >= 0.6 is 0 Å². The number of para-hydroxylation sites is 2. The van der Waals surface area contributed by atoms with Crippen molar-refractivity contribution in [2.45, 2.75) is 25.7 Å². The number of hydrogen-bond acceptors (Lipinski definition) is 3. The van der Waals surface area contributed by atoms with Gasteiger partial charge < -0.3 is 15.0 Å². The highest BCUT2D eigenvalue weighted by Gasteiger charge is 2.17. The first-order valence-electron chi connectivity index (χ1n) is 10.5. The number of fused-ring (bicyclic) bond motifs is 3. The van der Waals surface area contributed by atoms with Crippen LogP contribution in [0.4, 0.5) is 5.69 Å². The molecule has 5 rings (SSSR count). The molecule has 3 aromatic carbocycles. The second-order valence-electron chi connectivity index (χ2n) is 7.74. The molecule has 1 aliphatic carbocycles. The average Bonchev–Trinajstić information content (AvgIpc) is 2.80. The standard InChI is InChI=1S/C26H22N2O3/c29-25-21-11-5-4-10-19(21)20-15-14-17(16-23(20)28-25)27-26(30)22-12-6-7-13-24(22)31-18-8-2-1-3-9-18/h1-3,6-9,12-16H,4-5,10-11H2,(H,27,30)(H,28,29). The van der Waals surface area contributed by atoms with Gasteiger partial charge in [-0.2, -0.15) is 0 Å². The molecule has 5 heteroatoms. The van der Waals surface area contributed by atoms with Gasteiger partial charge >= 0.3 is 0 Å². The number of amides is 1. The van der Waals surface area contributed by atoms with Crippen LogP contribution in [-0.4, -0.2) is 10.9 Å². The van der Waals surface area contributed by atoms with Gasteiger partial charge in [0.25, 0.3) is 11.5 Å². The Labute approximate surface area is 179 Å². The molecule has 0 atom stereocenters. The lowest BCUT2D eigenvalue weighted by molar-refractivity contribution is 0.102. The predicted molar refractivity (Wildman–Crippen MR) is 122 cm³/mol. The van der Waals surface area contributed by atoms with Gasteiger partial charge in [-0.25, -0.2) is 0 Å².